The summed E-state index contributed by atoms with van der Waals surface area (Å²) < 4.78 is 26.5. The summed E-state index contributed by atoms with van der Waals surface area (Å²) in [6, 6.07) is 5.66. The van der Waals surface area contributed by atoms with E-state index in [9.17, 15) is 18.0 Å². The summed E-state index contributed by atoms with van der Waals surface area (Å²) in [7, 11) is -3.76. The molecule has 1 aromatic carbocycles. The van der Waals surface area contributed by atoms with Gasteiger partial charge in [-0.2, -0.15) is 0 Å². The van der Waals surface area contributed by atoms with Crippen molar-refractivity contribution in [2.75, 3.05) is 6.54 Å². The number of aliphatic carboxylic acids is 1. The van der Waals surface area contributed by atoms with E-state index in [4.69, 9.17) is 16.7 Å². The average Bonchev–Trinajstić information content (AvgIpc) is 2.53. The highest BCUT2D eigenvalue weighted by molar-refractivity contribution is 7.89. The second kappa shape index (κ2) is 7.42. The van der Waals surface area contributed by atoms with Crippen LogP contribution >= 0.6 is 11.6 Å². The van der Waals surface area contributed by atoms with E-state index in [2.05, 4.69) is 4.72 Å². The number of carbonyl (C=O) groups is 2. The Hall–Kier alpha value is -1.44. The highest BCUT2D eigenvalue weighted by Gasteiger charge is 2.30. The molecule has 0 aromatic heterocycles. The van der Waals surface area contributed by atoms with Crippen LogP contribution in [0.1, 0.15) is 25.7 Å². The van der Waals surface area contributed by atoms with E-state index in [1.165, 1.54) is 24.3 Å². The molecule has 8 heteroatoms. The summed E-state index contributed by atoms with van der Waals surface area (Å²) in [4.78, 5) is 23.0. The van der Waals surface area contributed by atoms with Crippen molar-refractivity contribution in [3.8, 4) is 0 Å². The fourth-order valence-corrected chi connectivity index (χ4v) is 3.79. The fraction of sp³-hybridized carbons (Fsp3) is 0.467. The van der Waals surface area contributed by atoms with Gasteiger partial charge in [0.25, 0.3) is 0 Å². The molecule has 1 fully saturated rings. The lowest BCUT2D eigenvalue weighted by Gasteiger charge is -2.25. The Balaban J connectivity index is 1.89. The van der Waals surface area contributed by atoms with Crippen LogP contribution in [0.2, 0.25) is 5.02 Å². The average molecular weight is 360 g/mol. The maximum atomic E-state index is 12.1. The molecule has 1 saturated carbocycles. The van der Waals surface area contributed by atoms with Crippen LogP contribution in [-0.4, -0.2) is 31.8 Å². The smallest absolute Gasteiger partial charge is 0.306 e. The lowest BCUT2D eigenvalue weighted by Crippen LogP contribution is -2.35. The van der Waals surface area contributed by atoms with Crippen LogP contribution in [0, 0.1) is 11.8 Å². The summed E-state index contributed by atoms with van der Waals surface area (Å²) in [5.41, 5.74) is 0. The Bertz CT molecular complexity index is 678. The van der Waals surface area contributed by atoms with Crippen molar-refractivity contribution in [1.29, 1.82) is 0 Å². The van der Waals surface area contributed by atoms with Gasteiger partial charge >= 0.3 is 5.97 Å². The first-order valence-corrected chi connectivity index (χ1v) is 9.16. The minimum Gasteiger partial charge on any atom is -0.481 e. The maximum absolute atomic E-state index is 12.1. The molecule has 2 N–H and O–H groups in total. The van der Waals surface area contributed by atoms with Gasteiger partial charge in [0.1, 0.15) is 0 Å². The first kappa shape index (κ1) is 17.9. The number of ketones is 1. The molecule has 1 aliphatic rings. The number of benzene rings is 1. The van der Waals surface area contributed by atoms with Gasteiger partial charge in [-0.05, 0) is 49.9 Å². The normalized spacial score (nSPS) is 21.8. The summed E-state index contributed by atoms with van der Waals surface area (Å²) in [6.45, 7) is -0.284. The largest absolute Gasteiger partial charge is 0.481 e. The zero-order chi connectivity index (χ0) is 17.0. The summed E-state index contributed by atoms with van der Waals surface area (Å²) in [5.74, 6) is -1.71. The number of rotatable bonds is 6. The van der Waals surface area contributed by atoms with Gasteiger partial charge in [0.15, 0.2) is 5.78 Å². The van der Waals surface area contributed by atoms with Gasteiger partial charge in [0, 0.05) is 10.9 Å². The number of hydrogen-bond donors (Lipinski definition) is 2. The molecular weight excluding hydrogens is 342 g/mol. The molecule has 2 rings (SSSR count). The SMILES string of the molecule is O=C(O)C1CCC(C(=O)CNS(=O)(=O)c2ccc(Cl)cc2)CC1. The molecule has 0 bridgehead atoms. The van der Waals surface area contributed by atoms with Crippen molar-refractivity contribution in [2.24, 2.45) is 11.8 Å². The highest BCUT2D eigenvalue weighted by Crippen LogP contribution is 2.29. The van der Waals surface area contributed by atoms with E-state index in [1.807, 2.05) is 0 Å². The Morgan fingerprint density at radius 3 is 2.13 bits per heavy atom. The molecule has 1 aliphatic carbocycles. The van der Waals surface area contributed by atoms with E-state index in [-0.39, 0.29) is 23.1 Å². The van der Waals surface area contributed by atoms with Crippen LogP contribution in [0.3, 0.4) is 0 Å². The van der Waals surface area contributed by atoms with E-state index < -0.39 is 21.9 Å². The molecule has 6 nitrogen and oxygen atoms in total. The van der Waals surface area contributed by atoms with Crippen molar-refractivity contribution < 1.29 is 23.1 Å². The fourth-order valence-electron chi connectivity index (χ4n) is 2.67. The Kier molecular flexibility index (Phi) is 5.78. The molecular formula is C15H18ClNO5S. The molecule has 0 amide bonds. The second-order valence-corrected chi connectivity index (χ2v) is 7.83. The molecule has 126 valence electrons. The summed E-state index contributed by atoms with van der Waals surface area (Å²) >= 11 is 5.71. The Morgan fingerprint density at radius 1 is 1.09 bits per heavy atom. The topological polar surface area (TPSA) is 101 Å². The molecule has 0 spiro atoms. The van der Waals surface area contributed by atoms with E-state index in [1.54, 1.807) is 0 Å². The van der Waals surface area contributed by atoms with Crippen molar-refractivity contribution in [2.45, 2.75) is 30.6 Å². The number of nitrogens with one attached hydrogen (secondary N) is 1. The molecule has 0 unspecified atom stereocenters. The first-order valence-electron chi connectivity index (χ1n) is 7.30. The van der Waals surface area contributed by atoms with Crippen molar-refractivity contribution in [1.82, 2.24) is 4.72 Å². The quantitative estimate of drug-likeness (QED) is 0.809. The number of carboxylic acids is 1. The zero-order valence-electron chi connectivity index (χ0n) is 12.4. The Morgan fingerprint density at radius 2 is 1.61 bits per heavy atom. The van der Waals surface area contributed by atoms with Crippen molar-refractivity contribution >= 4 is 33.4 Å². The molecule has 0 saturated heterocycles. The van der Waals surface area contributed by atoms with Gasteiger partial charge in [0.05, 0.1) is 17.4 Å². The lowest BCUT2D eigenvalue weighted by molar-refractivity contribution is -0.143. The van der Waals surface area contributed by atoms with E-state index >= 15 is 0 Å². The molecule has 0 heterocycles. The number of Topliss-reactive ketones (excluding diaryl/α,β-unsaturated/α-hetero) is 1. The molecule has 0 atom stereocenters. The number of sulfonamides is 1. The summed E-state index contributed by atoms with van der Waals surface area (Å²) in [5, 5.41) is 9.36. The zero-order valence-corrected chi connectivity index (χ0v) is 13.9. The van der Waals surface area contributed by atoms with Gasteiger partial charge in [-0.1, -0.05) is 11.6 Å². The van der Waals surface area contributed by atoms with Crippen molar-refractivity contribution in [3.63, 3.8) is 0 Å². The van der Waals surface area contributed by atoms with Gasteiger partial charge in [-0.15, -0.1) is 0 Å². The second-order valence-electron chi connectivity index (χ2n) is 5.63. The highest BCUT2D eigenvalue weighted by atomic mass is 35.5. The van der Waals surface area contributed by atoms with E-state index in [0.29, 0.717) is 30.7 Å². The van der Waals surface area contributed by atoms with Crippen LogP contribution < -0.4 is 4.72 Å². The van der Waals surface area contributed by atoms with Crippen LogP contribution in [0.4, 0.5) is 0 Å². The van der Waals surface area contributed by atoms with Gasteiger partial charge in [-0.3, -0.25) is 9.59 Å². The summed E-state index contributed by atoms with van der Waals surface area (Å²) in [6.07, 6.45) is 1.88. The van der Waals surface area contributed by atoms with Crippen molar-refractivity contribution in [3.05, 3.63) is 29.3 Å². The van der Waals surface area contributed by atoms with Crippen LogP contribution in [0.15, 0.2) is 29.2 Å². The third-order valence-electron chi connectivity index (χ3n) is 4.09. The molecule has 23 heavy (non-hydrogen) atoms. The monoisotopic (exact) mass is 359 g/mol. The maximum Gasteiger partial charge on any atom is 0.306 e. The Labute approximate surface area is 139 Å². The van der Waals surface area contributed by atoms with Crippen LogP contribution in [0.25, 0.3) is 0 Å². The molecule has 1 aromatic rings. The number of carboxylic acid groups (broad SMARTS) is 1. The standard InChI is InChI=1S/C15H18ClNO5S/c16-12-5-7-13(8-6-12)23(21,22)17-9-14(18)10-1-3-11(4-2-10)15(19)20/h5-8,10-11,17H,1-4,9H2,(H,19,20). The number of carbonyl (C=O) groups excluding carboxylic acids is 1. The minimum absolute atomic E-state index is 0.0456. The minimum atomic E-state index is -3.76. The predicted molar refractivity (Wildman–Crippen MR) is 84.7 cm³/mol. The lowest BCUT2D eigenvalue weighted by atomic mass is 9.80. The third-order valence-corrected chi connectivity index (χ3v) is 5.76. The van der Waals surface area contributed by atoms with Gasteiger partial charge in [0.2, 0.25) is 10.0 Å². The number of halogens is 1. The first-order chi connectivity index (χ1) is 10.8. The third kappa shape index (κ3) is 4.76. The molecule has 0 aliphatic heterocycles. The van der Waals surface area contributed by atoms with Crippen LogP contribution in [-0.2, 0) is 19.6 Å². The molecule has 0 radical (unpaired) electrons. The predicted octanol–water partition coefficient (Wildman–Crippen LogP) is 2.08. The number of hydrogen-bond acceptors (Lipinski definition) is 4. The van der Waals surface area contributed by atoms with Gasteiger partial charge < -0.3 is 5.11 Å². The van der Waals surface area contributed by atoms with E-state index in [0.717, 1.165) is 0 Å². The van der Waals surface area contributed by atoms with Gasteiger partial charge in [-0.25, -0.2) is 13.1 Å². The van der Waals surface area contributed by atoms with Crippen LogP contribution in [0.5, 0.6) is 0 Å².